The van der Waals surface area contributed by atoms with Crippen LogP contribution in [0.4, 0.5) is 0 Å². The van der Waals surface area contributed by atoms with E-state index >= 15 is 0 Å². The number of nitrogens with zero attached hydrogens (tertiary/aromatic N) is 5. The average molecular weight is 460 g/mol. The zero-order chi connectivity index (χ0) is 23.6. The molecule has 0 spiro atoms. The highest BCUT2D eigenvalue weighted by atomic mass is 35.5. The zero-order valence-electron chi connectivity index (χ0n) is 19.3. The van der Waals surface area contributed by atoms with Crippen molar-refractivity contribution in [3.8, 4) is 0 Å². The Hall–Kier alpha value is -2.71. The summed E-state index contributed by atoms with van der Waals surface area (Å²) < 4.78 is 1.70. The lowest BCUT2D eigenvalue weighted by Gasteiger charge is -2.30. The SMILES string of the molecule is Cc1nn(C)cc1CN(C)C(=O)CC1(c2ccccc2Cl)CC(=O)N(CCN(C)C)C1=O. The Balaban J connectivity index is 1.91. The number of aryl methyl sites for hydroxylation is 2. The van der Waals surface area contributed by atoms with Crippen molar-refractivity contribution in [2.24, 2.45) is 7.05 Å². The maximum absolute atomic E-state index is 13.6. The molecule has 172 valence electrons. The molecule has 2 heterocycles. The normalized spacial score (nSPS) is 18.7. The van der Waals surface area contributed by atoms with Gasteiger partial charge in [0.1, 0.15) is 0 Å². The predicted octanol–water partition coefficient (Wildman–Crippen LogP) is 1.99. The number of imide groups is 1. The standard InChI is InChI=1S/C23H30ClN5O3/c1-16-17(15-28(5)25-16)14-27(4)20(30)12-23(18-8-6-7-9-19(18)24)13-21(31)29(22(23)32)11-10-26(2)3/h6-9,15H,10-14H2,1-5H3. The fraction of sp³-hybridized carbons (Fsp3) is 0.478. The molecule has 1 aliphatic heterocycles. The highest BCUT2D eigenvalue weighted by Crippen LogP contribution is 2.43. The number of likely N-dealkylation sites (tertiary alicyclic amines) is 1. The Morgan fingerprint density at radius 1 is 1.22 bits per heavy atom. The molecular formula is C23H30ClN5O3. The lowest BCUT2D eigenvalue weighted by molar-refractivity contribution is -0.142. The Morgan fingerprint density at radius 3 is 2.50 bits per heavy atom. The highest BCUT2D eigenvalue weighted by Gasteiger charge is 2.54. The molecular weight excluding hydrogens is 430 g/mol. The molecule has 0 radical (unpaired) electrons. The van der Waals surface area contributed by atoms with Gasteiger partial charge in [0.05, 0.1) is 11.1 Å². The van der Waals surface area contributed by atoms with E-state index in [1.165, 1.54) is 4.90 Å². The summed E-state index contributed by atoms with van der Waals surface area (Å²) in [5, 5.41) is 4.69. The van der Waals surface area contributed by atoms with E-state index in [1.807, 2.05) is 39.2 Å². The van der Waals surface area contributed by atoms with Crippen LogP contribution in [0.3, 0.4) is 0 Å². The van der Waals surface area contributed by atoms with Gasteiger partial charge in [-0.15, -0.1) is 0 Å². The van der Waals surface area contributed by atoms with Gasteiger partial charge in [-0.3, -0.25) is 24.0 Å². The first-order valence-electron chi connectivity index (χ1n) is 10.5. The molecule has 32 heavy (non-hydrogen) atoms. The maximum atomic E-state index is 13.6. The van der Waals surface area contributed by atoms with Gasteiger partial charge in [0, 0.05) is 63.4 Å². The van der Waals surface area contributed by atoms with Gasteiger partial charge < -0.3 is 9.80 Å². The van der Waals surface area contributed by atoms with E-state index in [0.717, 1.165) is 11.3 Å². The van der Waals surface area contributed by atoms with Gasteiger partial charge in [0.25, 0.3) is 0 Å². The van der Waals surface area contributed by atoms with Crippen LogP contribution in [-0.2, 0) is 33.4 Å². The molecule has 1 aromatic carbocycles. The molecule has 0 bridgehead atoms. The topological polar surface area (TPSA) is 78.8 Å². The van der Waals surface area contributed by atoms with Crippen molar-refractivity contribution >= 4 is 29.3 Å². The third kappa shape index (κ3) is 4.71. The van der Waals surface area contributed by atoms with Crippen molar-refractivity contribution in [2.45, 2.75) is 31.7 Å². The quantitative estimate of drug-likeness (QED) is 0.564. The number of halogens is 1. The highest BCUT2D eigenvalue weighted by molar-refractivity contribution is 6.32. The monoisotopic (exact) mass is 459 g/mol. The summed E-state index contributed by atoms with van der Waals surface area (Å²) in [5.41, 5.74) is 0.982. The fourth-order valence-electron chi connectivity index (χ4n) is 4.16. The van der Waals surface area contributed by atoms with E-state index in [1.54, 1.807) is 40.9 Å². The number of aromatic nitrogens is 2. The minimum absolute atomic E-state index is 0.0749. The first-order valence-corrected chi connectivity index (χ1v) is 10.9. The Labute approximate surface area is 193 Å². The van der Waals surface area contributed by atoms with E-state index in [2.05, 4.69) is 5.10 Å². The van der Waals surface area contributed by atoms with Crippen LogP contribution < -0.4 is 0 Å². The minimum atomic E-state index is -1.31. The predicted molar refractivity (Wildman–Crippen MR) is 122 cm³/mol. The summed E-state index contributed by atoms with van der Waals surface area (Å²) in [7, 11) is 7.28. The van der Waals surface area contributed by atoms with Crippen LogP contribution in [0.2, 0.25) is 5.02 Å². The largest absolute Gasteiger partial charge is 0.341 e. The van der Waals surface area contributed by atoms with Gasteiger partial charge >= 0.3 is 0 Å². The number of likely N-dealkylation sites (N-methyl/N-ethyl adjacent to an activating group) is 1. The zero-order valence-corrected chi connectivity index (χ0v) is 20.0. The second-order valence-electron chi connectivity index (χ2n) is 8.73. The second kappa shape index (κ2) is 9.42. The Morgan fingerprint density at radius 2 is 1.91 bits per heavy atom. The third-order valence-electron chi connectivity index (χ3n) is 5.97. The summed E-state index contributed by atoms with van der Waals surface area (Å²) in [4.78, 5) is 44.6. The van der Waals surface area contributed by atoms with Gasteiger partial charge in [-0.25, -0.2) is 0 Å². The summed E-state index contributed by atoms with van der Waals surface area (Å²) in [6.07, 6.45) is 1.67. The molecule has 3 amide bonds. The lowest BCUT2D eigenvalue weighted by atomic mass is 9.75. The number of hydrogen-bond donors (Lipinski definition) is 0. The molecule has 1 aromatic heterocycles. The molecule has 0 N–H and O–H groups in total. The molecule has 1 atom stereocenters. The Bertz CT molecular complexity index is 1030. The van der Waals surface area contributed by atoms with Crippen LogP contribution >= 0.6 is 11.6 Å². The maximum Gasteiger partial charge on any atom is 0.240 e. The van der Waals surface area contributed by atoms with E-state index < -0.39 is 5.41 Å². The Kier molecular flexibility index (Phi) is 7.05. The average Bonchev–Trinajstić information content (AvgIpc) is 3.15. The van der Waals surface area contributed by atoms with E-state index in [0.29, 0.717) is 23.7 Å². The number of rotatable bonds is 8. The number of carbonyl (C=O) groups excluding carboxylic acids is 3. The van der Waals surface area contributed by atoms with Crippen molar-refractivity contribution < 1.29 is 14.4 Å². The molecule has 9 heteroatoms. The first-order chi connectivity index (χ1) is 15.0. The molecule has 1 saturated heterocycles. The van der Waals surface area contributed by atoms with Gasteiger partial charge in [-0.05, 0) is 32.6 Å². The fourth-order valence-corrected chi connectivity index (χ4v) is 4.48. The van der Waals surface area contributed by atoms with Crippen molar-refractivity contribution in [1.82, 2.24) is 24.5 Å². The second-order valence-corrected chi connectivity index (χ2v) is 9.14. The minimum Gasteiger partial charge on any atom is -0.341 e. The first kappa shape index (κ1) is 23.9. The van der Waals surface area contributed by atoms with Gasteiger partial charge in [0.15, 0.2) is 0 Å². The molecule has 0 aliphatic carbocycles. The van der Waals surface area contributed by atoms with Gasteiger partial charge in [-0.2, -0.15) is 5.10 Å². The molecule has 1 unspecified atom stereocenters. The summed E-state index contributed by atoms with van der Waals surface area (Å²) in [6, 6.07) is 6.97. The van der Waals surface area contributed by atoms with E-state index in [4.69, 9.17) is 11.6 Å². The molecule has 1 aliphatic rings. The molecule has 0 saturated carbocycles. The molecule has 8 nitrogen and oxygen atoms in total. The van der Waals surface area contributed by atoms with Crippen molar-refractivity contribution in [1.29, 1.82) is 0 Å². The smallest absolute Gasteiger partial charge is 0.240 e. The van der Waals surface area contributed by atoms with Crippen LogP contribution in [0.15, 0.2) is 30.5 Å². The summed E-state index contributed by atoms with van der Waals surface area (Å²) in [5.74, 6) is -0.879. The molecule has 1 fully saturated rings. The van der Waals surface area contributed by atoms with Crippen LogP contribution in [0.1, 0.15) is 29.7 Å². The van der Waals surface area contributed by atoms with E-state index in [-0.39, 0.29) is 37.1 Å². The number of carbonyl (C=O) groups is 3. The number of amides is 3. The molecule has 2 aromatic rings. The van der Waals surface area contributed by atoms with Crippen molar-refractivity contribution in [3.05, 3.63) is 52.3 Å². The lowest BCUT2D eigenvalue weighted by Crippen LogP contribution is -2.44. The molecule has 3 rings (SSSR count). The third-order valence-corrected chi connectivity index (χ3v) is 6.30. The van der Waals surface area contributed by atoms with Crippen molar-refractivity contribution in [2.75, 3.05) is 34.2 Å². The summed E-state index contributed by atoms with van der Waals surface area (Å²) >= 11 is 6.47. The summed E-state index contributed by atoms with van der Waals surface area (Å²) in [6.45, 7) is 3.07. The van der Waals surface area contributed by atoms with Gasteiger partial charge in [-0.1, -0.05) is 29.8 Å². The van der Waals surface area contributed by atoms with Crippen LogP contribution in [-0.4, -0.2) is 76.4 Å². The van der Waals surface area contributed by atoms with Crippen LogP contribution in [0.5, 0.6) is 0 Å². The van der Waals surface area contributed by atoms with Gasteiger partial charge in [0.2, 0.25) is 17.7 Å². The number of benzene rings is 1. The van der Waals surface area contributed by atoms with Crippen LogP contribution in [0.25, 0.3) is 0 Å². The van der Waals surface area contributed by atoms with Crippen LogP contribution in [0, 0.1) is 6.92 Å². The van der Waals surface area contributed by atoms with Crippen molar-refractivity contribution in [3.63, 3.8) is 0 Å². The number of hydrogen-bond acceptors (Lipinski definition) is 5. The van der Waals surface area contributed by atoms with E-state index in [9.17, 15) is 14.4 Å².